The maximum atomic E-state index is 12.0. The zero-order valence-electron chi connectivity index (χ0n) is 29.8. The van der Waals surface area contributed by atoms with E-state index in [1.54, 1.807) is 0 Å². The SMILES string of the molecule is O=C(O)[C@H]1O[C@@H](O[C@@H]2[C@@H](O[C@H]3[C@H](O)[C@@H](O)C(O)O[C@@H]3C(=O)O)O[C@H](CO)[C@@H](OC3O[C@H](CO)[C@@H](O)[C@@H](O)[C@@H]3O[C@@H]3O[C@H](C(=O)O)[C@@H](O)[C@H](O)[C@H]3O)[C@@H]2O)[C@H](O)[C@@H](O)[C@@H]1O. The molecule has 0 saturated carbocycles. The molecule has 5 heterocycles. The fourth-order valence-electron chi connectivity index (χ4n) is 6.92. The van der Waals surface area contributed by atoms with Gasteiger partial charge in [-0.15, -0.1) is 0 Å². The van der Waals surface area contributed by atoms with Crippen LogP contribution in [0.3, 0.4) is 0 Å². The first kappa shape index (κ1) is 47.5. The minimum atomic E-state index is -2.43. The molecule has 5 aliphatic heterocycles. The van der Waals surface area contributed by atoms with E-state index in [4.69, 9.17) is 42.6 Å². The molecule has 0 aromatic rings. The predicted molar refractivity (Wildman–Crippen MR) is 168 cm³/mol. The smallest absolute Gasteiger partial charge is 0.335 e. The Morgan fingerprint density at radius 3 is 1.19 bits per heavy atom. The fraction of sp³-hybridized carbons (Fsp3) is 0.900. The lowest BCUT2D eigenvalue weighted by atomic mass is 9.95. The molecule has 0 aliphatic carbocycles. The van der Waals surface area contributed by atoms with Crippen LogP contribution in [0, 0.1) is 0 Å². The molecule has 0 aromatic heterocycles. The summed E-state index contributed by atoms with van der Waals surface area (Å²) in [6, 6.07) is 0. The number of hydrogen-bond acceptors (Lipinski definition) is 26. The van der Waals surface area contributed by atoms with Gasteiger partial charge in [-0.3, -0.25) is 0 Å². The Morgan fingerprint density at radius 1 is 0.356 bits per heavy atom. The summed E-state index contributed by atoms with van der Waals surface area (Å²) in [7, 11) is 0. The van der Waals surface area contributed by atoms with Gasteiger partial charge in [0.25, 0.3) is 0 Å². The second-order valence-corrected chi connectivity index (χ2v) is 14.1. The molecule has 5 rings (SSSR count). The first-order valence-electron chi connectivity index (χ1n) is 17.6. The lowest BCUT2D eigenvalue weighted by Gasteiger charge is -2.50. The molecule has 0 spiro atoms. The quantitative estimate of drug-likeness (QED) is 0.0817. The second-order valence-electron chi connectivity index (χ2n) is 14.1. The number of carboxylic acid groups (broad SMARTS) is 3. The number of carboxylic acids is 3. The number of aliphatic carboxylic acids is 3. The van der Waals surface area contributed by atoms with E-state index in [9.17, 15) is 101 Å². The summed E-state index contributed by atoms with van der Waals surface area (Å²) in [6.07, 6.45) is -55.9. The summed E-state index contributed by atoms with van der Waals surface area (Å²) in [5.41, 5.74) is 0. The van der Waals surface area contributed by atoms with E-state index >= 15 is 0 Å². The largest absolute Gasteiger partial charge is 0.479 e. The Kier molecular flexibility index (Phi) is 15.5. The summed E-state index contributed by atoms with van der Waals surface area (Å²) in [6.45, 7) is -2.26. The van der Waals surface area contributed by atoms with Gasteiger partial charge in [-0.25, -0.2) is 14.4 Å². The number of aliphatic hydroxyl groups excluding tert-OH is 14. The van der Waals surface area contributed by atoms with Gasteiger partial charge in [0.05, 0.1) is 13.2 Å². The Labute approximate surface area is 328 Å². The van der Waals surface area contributed by atoms with Crippen molar-refractivity contribution >= 4 is 17.9 Å². The summed E-state index contributed by atoms with van der Waals surface area (Å²) < 4.78 is 48.6. The van der Waals surface area contributed by atoms with Crippen LogP contribution in [-0.2, 0) is 57.0 Å². The second kappa shape index (κ2) is 19.3. The van der Waals surface area contributed by atoms with Crippen molar-refractivity contribution in [1.82, 2.24) is 0 Å². The first-order valence-corrected chi connectivity index (χ1v) is 17.6. The number of rotatable bonds is 13. The highest BCUT2D eigenvalue weighted by Crippen LogP contribution is 2.37. The van der Waals surface area contributed by atoms with Crippen LogP contribution in [0.25, 0.3) is 0 Å². The van der Waals surface area contributed by atoms with Gasteiger partial charge in [0, 0.05) is 0 Å². The van der Waals surface area contributed by atoms with E-state index in [0.29, 0.717) is 0 Å². The van der Waals surface area contributed by atoms with Crippen molar-refractivity contribution in [3.8, 4) is 0 Å². The van der Waals surface area contributed by atoms with Crippen molar-refractivity contribution in [2.24, 2.45) is 0 Å². The van der Waals surface area contributed by atoms with Crippen molar-refractivity contribution < 1.29 is 144 Å². The lowest BCUT2D eigenvalue weighted by molar-refractivity contribution is -0.406. The van der Waals surface area contributed by atoms with E-state index in [-0.39, 0.29) is 0 Å². The first-order chi connectivity index (χ1) is 27.6. The molecule has 5 saturated heterocycles. The molecule has 25 atom stereocenters. The molecule has 0 aromatic carbocycles. The molecule has 5 fully saturated rings. The number of hydrogen-bond donors (Lipinski definition) is 17. The monoisotopic (exact) mass is 870 g/mol. The van der Waals surface area contributed by atoms with E-state index in [2.05, 4.69) is 0 Å². The summed E-state index contributed by atoms with van der Waals surface area (Å²) in [5.74, 6) is -5.64. The van der Waals surface area contributed by atoms with E-state index in [0.717, 1.165) is 0 Å². The van der Waals surface area contributed by atoms with Gasteiger partial charge in [0.2, 0.25) is 0 Å². The van der Waals surface area contributed by atoms with Gasteiger partial charge in [-0.05, 0) is 0 Å². The predicted octanol–water partition coefficient (Wildman–Crippen LogP) is -11.6. The highest BCUT2D eigenvalue weighted by Gasteiger charge is 2.58. The third-order valence-electron chi connectivity index (χ3n) is 10.2. The van der Waals surface area contributed by atoms with Crippen LogP contribution in [0.1, 0.15) is 0 Å². The zero-order chi connectivity index (χ0) is 43.9. The van der Waals surface area contributed by atoms with Crippen molar-refractivity contribution in [3.63, 3.8) is 0 Å². The van der Waals surface area contributed by atoms with Gasteiger partial charge in [-0.1, -0.05) is 0 Å². The van der Waals surface area contributed by atoms with Crippen LogP contribution in [0.4, 0.5) is 0 Å². The molecule has 29 nitrogen and oxygen atoms in total. The number of ether oxygens (including phenoxy) is 9. The van der Waals surface area contributed by atoms with Crippen molar-refractivity contribution in [1.29, 1.82) is 0 Å². The number of carbonyl (C=O) groups is 3. The van der Waals surface area contributed by atoms with Crippen LogP contribution in [0.5, 0.6) is 0 Å². The van der Waals surface area contributed by atoms with Gasteiger partial charge < -0.3 is 129 Å². The number of aliphatic hydroxyl groups is 14. The molecular weight excluding hydrogens is 824 g/mol. The Bertz CT molecular complexity index is 1440. The normalized spacial score (nSPS) is 50.8. The van der Waals surface area contributed by atoms with Gasteiger partial charge >= 0.3 is 17.9 Å². The van der Waals surface area contributed by atoms with Crippen molar-refractivity contribution in [3.05, 3.63) is 0 Å². The third-order valence-corrected chi connectivity index (χ3v) is 10.2. The minimum Gasteiger partial charge on any atom is -0.479 e. The van der Waals surface area contributed by atoms with Gasteiger partial charge in [-0.2, -0.15) is 0 Å². The molecule has 59 heavy (non-hydrogen) atoms. The van der Waals surface area contributed by atoms with Crippen LogP contribution < -0.4 is 0 Å². The maximum absolute atomic E-state index is 12.0. The molecule has 0 amide bonds. The molecule has 29 heteroatoms. The van der Waals surface area contributed by atoms with Crippen LogP contribution >= 0.6 is 0 Å². The Balaban J connectivity index is 1.50. The van der Waals surface area contributed by atoms with Crippen molar-refractivity contribution in [2.45, 2.75) is 154 Å². The van der Waals surface area contributed by atoms with E-state index < -0.39 is 185 Å². The van der Waals surface area contributed by atoms with Crippen LogP contribution in [0.2, 0.25) is 0 Å². The summed E-state index contributed by atoms with van der Waals surface area (Å²) in [5, 5.41) is 175. The Morgan fingerprint density at radius 2 is 0.746 bits per heavy atom. The molecule has 17 N–H and O–H groups in total. The zero-order valence-corrected chi connectivity index (χ0v) is 29.8. The highest BCUT2D eigenvalue weighted by atomic mass is 16.8. The standard InChI is InChI=1S/C30H46O29/c31-1-3-5(33)8(36)20(58-27-13(41)6(34)9(37)18(56-27)23(44)45)29(51-3)54-16-4(2-32)52-30(55-17-11(39)12(40)26(50)53-22(17)25(48)49)21(15(16)43)59-28-14(42)7(35)10(38)19(57-28)24(46)47/h3-22,26-43,50H,1-2H2,(H,44,45)(H,46,47)(H,48,49)/t3-,4-,5-,6+,7+,8-,9+,10+,11-,12-,13-,14-,15+,16-,17+,18+,19+,20+,21+,22+,26?,27+,28+,29?,30-/m1/s1. The van der Waals surface area contributed by atoms with E-state index in [1.807, 2.05) is 0 Å². The van der Waals surface area contributed by atoms with Crippen molar-refractivity contribution in [2.75, 3.05) is 13.2 Å². The van der Waals surface area contributed by atoms with Gasteiger partial charge in [0.1, 0.15) is 104 Å². The Hall–Kier alpha value is -2.51. The molecule has 340 valence electrons. The average Bonchev–Trinajstić information content (AvgIpc) is 3.18. The topological polar surface area (TPSA) is 478 Å². The maximum Gasteiger partial charge on any atom is 0.335 e. The summed E-state index contributed by atoms with van der Waals surface area (Å²) >= 11 is 0. The molecular formula is C30H46O29. The third kappa shape index (κ3) is 9.47. The lowest BCUT2D eigenvalue weighted by Crippen LogP contribution is -2.69. The molecule has 0 radical (unpaired) electrons. The summed E-state index contributed by atoms with van der Waals surface area (Å²) in [4.78, 5) is 35.5. The highest BCUT2D eigenvalue weighted by molar-refractivity contribution is 5.74. The van der Waals surface area contributed by atoms with Gasteiger partial charge in [0.15, 0.2) is 49.8 Å². The minimum absolute atomic E-state index is 1.05. The van der Waals surface area contributed by atoms with E-state index in [1.165, 1.54) is 0 Å². The van der Waals surface area contributed by atoms with Crippen LogP contribution in [0.15, 0.2) is 0 Å². The molecule has 0 bridgehead atoms. The average molecular weight is 871 g/mol. The molecule has 5 aliphatic rings. The van der Waals surface area contributed by atoms with Crippen LogP contribution in [-0.4, -0.2) is 271 Å². The molecule has 2 unspecified atom stereocenters. The fourth-order valence-corrected chi connectivity index (χ4v) is 6.92.